The Labute approximate surface area is 161 Å². The van der Waals surface area contributed by atoms with Crippen molar-refractivity contribution < 1.29 is 18.3 Å². The lowest BCUT2D eigenvalue weighted by Crippen LogP contribution is -2.46. The highest BCUT2D eigenvalue weighted by atomic mass is 32.2. The first-order valence-corrected chi connectivity index (χ1v) is 10.6. The minimum atomic E-state index is -3.52. The molecule has 0 spiro atoms. The topological polar surface area (TPSA) is 112 Å². The number of aliphatic imine (C=N–C) groups is 1. The number of aliphatic hydroxyl groups is 1. The van der Waals surface area contributed by atoms with E-state index in [1.54, 1.807) is 31.3 Å². The molecule has 1 unspecified atom stereocenters. The highest BCUT2D eigenvalue weighted by Gasteiger charge is 2.34. The second-order valence-electron chi connectivity index (χ2n) is 6.84. The molecule has 0 aromatic heterocycles. The van der Waals surface area contributed by atoms with Crippen molar-refractivity contribution >= 4 is 16.0 Å². The van der Waals surface area contributed by atoms with Crippen LogP contribution in [-0.4, -0.2) is 66.0 Å². The summed E-state index contributed by atoms with van der Waals surface area (Å²) >= 11 is 0. The van der Waals surface area contributed by atoms with E-state index < -0.39 is 10.0 Å². The van der Waals surface area contributed by atoms with Crippen LogP contribution in [0.4, 0.5) is 0 Å². The van der Waals surface area contributed by atoms with Crippen LogP contribution in [0.15, 0.2) is 34.2 Å². The van der Waals surface area contributed by atoms with Gasteiger partial charge in [0.2, 0.25) is 10.0 Å². The lowest BCUT2D eigenvalue weighted by Gasteiger charge is -2.27. The molecule has 0 amide bonds. The van der Waals surface area contributed by atoms with Gasteiger partial charge in [-0.2, -0.15) is 0 Å². The van der Waals surface area contributed by atoms with Gasteiger partial charge < -0.3 is 20.5 Å². The first-order valence-electron chi connectivity index (χ1n) is 9.10. The van der Waals surface area contributed by atoms with Gasteiger partial charge in [0.05, 0.1) is 11.5 Å². The van der Waals surface area contributed by atoms with E-state index in [4.69, 9.17) is 4.74 Å². The van der Waals surface area contributed by atoms with Crippen LogP contribution in [0.3, 0.4) is 0 Å². The van der Waals surface area contributed by atoms with Crippen molar-refractivity contribution in [3.63, 3.8) is 0 Å². The molecular weight excluding hydrogens is 368 g/mol. The molecule has 1 aliphatic rings. The Morgan fingerprint density at radius 1 is 1.26 bits per heavy atom. The molecule has 4 N–H and O–H groups in total. The van der Waals surface area contributed by atoms with Gasteiger partial charge in [-0.05, 0) is 31.9 Å². The molecule has 1 aromatic carbocycles. The van der Waals surface area contributed by atoms with Crippen molar-refractivity contribution in [2.24, 2.45) is 10.4 Å². The predicted molar refractivity (Wildman–Crippen MR) is 105 cm³/mol. The predicted octanol–water partition coefficient (Wildman–Crippen LogP) is 0.227. The van der Waals surface area contributed by atoms with Crippen LogP contribution in [0.2, 0.25) is 0 Å². The van der Waals surface area contributed by atoms with Crippen molar-refractivity contribution in [2.75, 3.05) is 46.5 Å². The molecule has 9 heteroatoms. The standard InChI is InChI=1S/C18H30N4O4S/c1-15-3-5-16(6-4-15)27(24,25)22-10-9-20-17(19-2)21-13-18(7-11-23)8-12-26-14-18/h3-6,22-23H,7-14H2,1-2H3,(H2,19,20,21). The van der Waals surface area contributed by atoms with Crippen LogP contribution in [0.25, 0.3) is 0 Å². The average Bonchev–Trinajstić information content (AvgIpc) is 3.10. The Kier molecular flexibility index (Phi) is 8.03. The minimum absolute atomic E-state index is 0.0839. The number of hydrogen-bond donors (Lipinski definition) is 4. The van der Waals surface area contributed by atoms with E-state index in [9.17, 15) is 13.5 Å². The SMILES string of the molecule is CN=C(NCCNS(=O)(=O)c1ccc(C)cc1)NCC1(CCO)CCOC1. The van der Waals surface area contributed by atoms with Crippen LogP contribution < -0.4 is 15.4 Å². The Hall–Kier alpha value is -1.68. The molecule has 0 aliphatic carbocycles. The summed E-state index contributed by atoms with van der Waals surface area (Å²) in [5, 5.41) is 15.6. The van der Waals surface area contributed by atoms with Gasteiger partial charge in [-0.1, -0.05) is 17.7 Å². The highest BCUT2D eigenvalue weighted by Crippen LogP contribution is 2.31. The highest BCUT2D eigenvalue weighted by molar-refractivity contribution is 7.89. The Morgan fingerprint density at radius 2 is 2.00 bits per heavy atom. The van der Waals surface area contributed by atoms with Gasteiger partial charge >= 0.3 is 0 Å². The van der Waals surface area contributed by atoms with E-state index in [0.717, 1.165) is 12.0 Å². The maximum atomic E-state index is 12.2. The maximum Gasteiger partial charge on any atom is 0.240 e. The molecule has 0 saturated carbocycles. The summed E-state index contributed by atoms with van der Waals surface area (Å²) in [6, 6.07) is 6.73. The number of benzene rings is 1. The van der Waals surface area contributed by atoms with Gasteiger partial charge in [0.15, 0.2) is 5.96 Å². The van der Waals surface area contributed by atoms with E-state index in [-0.39, 0.29) is 23.5 Å². The van der Waals surface area contributed by atoms with Crippen molar-refractivity contribution in [1.82, 2.24) is 15.4 Å². The van der Waals surface area contributed by atoms with Gasteiger partial charge in [0.25, 0.3) is 0 Å². The Balaban J connectivity index is 1.77. The summed E-state index contributed by atoms with van der Waals surface area (Å²) in [6.45, 7) is 4.63. The molecule has 1 heterocycles. The number of aryl methyl sites for hydroxylation is 1. The van der Waals surface area contributed by atoms with Crippen molar-refractivity contribution in [1.29, 1.82) is 0 Å². The second-order valence-corrected chi connectivity index (χ2v) is 8.61. The Morgan fingerprint density at radius 3 is 2.59 bits per heavy atom. The number of aliphatic hydroxyl groups excluding tert-OH is 1. The summed E-state index contributed by atoms with van der Waals surface area (Å²) in [6.07, 6.45) is 1.57. The fourth-order valence-corrected chi connectivity index (χ4v) is 4.00. The first kappa shape index (κ1) is 21.6. The molecule has 0 bridgehead atoms. The van der Waals surface area contributed by atoms with Gasteiger partial charge in [0.1, 0.15) is 0 Å². The molecular formula is C18H30N4O4S. The molecule has 27 heavy (non-hydrogen) atoms. The third kappa shape index (κ3) is 6.46. The van der Waals surface area contributed by atoms with Crippen LogP contribution >= 0.6 is 0 Å². The van der Waals surface area contributed by atoms with E-state index in [2.05, 4.69) is 20.3 Å². The summed E-state index contributed by atoms with van der Waals surface area (Å²) in [4.78, 5) is 4.41. The number of rotatable bonds is 9. The third-order valence-corrected chi connectivity index (χ3v) is 6.20. The van der Waals surface area contributed by atoms with Crippen molar-refractivity contribution in [3.05, 3.63) is 29.8 Å². The molecule has 2 rings (SSSR count). The van der Waals surface area contributed by atoms with Gasteiger partial charge in [-0.3, -0.25) is 4.99 Å². The number of nitrogens with one attached hydrogen (secondary N) is 3. The fraction of sp³-hybridized carbons (Fsp3) is 0.611. The van der Waals surface area contributed by atoms with E-state index >= 15 is 0 Å². The largest absolute Gasteiger partial charge is 0.396 e. The summed E-state index contributed by atoms with van der Waals surface area (Å²) in [5.41, 5.74) is 0.927. The van der Waals surface area contributed by atoms with Crippen LogP contribution in [0, 0.1) is 12.3 Å². The molecule has 152 valence electrons. The van der Waals surface area contributed by atoms with Gasteiger partial charge in [-0.25, -0.2) is 13.1 Å². The minimum Gasteiger partial charge on any atom is -0.396 e. The Bertz CT molecular complexity index is 713. The zero-order valence-corrected chi connectivity index (χ0v) is 16.8. The van der Waals surface area contributed by atoms with Crippen LogP contribution in [0.1, 0.15) is 18.4 Å². The number of sulfonamides is 1. The van der Waals surface area contributed by atoms with Crippen molar-refractivity contribution in [2.45, 2.75) is 24.7 Å². The number of ether oxygens (including phenoxy) is 1. The van der Waals surface area contributed by atoms with E-state index in [0.29, 0.717) is 38.7 Å². The molecule has 0 radical (unpaired) electrons. The average molecular weight is 399 g/mol. The number of guanidine groups is 1. The molecule has 8 nitrogen and oxygen atoms in total. The van der Waals surface area contributed by atoms with E-state index in [1.165, 1.54) is 0 Å². The summed E-state index contributed by atoms with van der Waals surface area (Å²) in [7, 11) is -1.86. The van der Waals surface area contributed by atoms with Crippen LogP contribution in [-0.2, 0) is 14.8 Å². The van der Waals surface area contributed by atoms with E-state index in [1.807, 2.05) is 6.92 Å². The zero-order valence-electron chi connectivity index (χ0n) is 16.0. The quantitative estimate of drug-likeness (QED) is 0.269. The molecule has 1 fully saturated rings. The number of hydrogen-bond acceptors (Lipinski definition) is 5. The lowest BCUT2D eigenvalue weighted by molar-refractivity contribution is 0.127. The molecule has 1 saturated heterocycles. The first-order chi connectivity index (χ1) is 12.9. The molecule has 1 aromatic rings. The normalized spacial score (nSPS) is 20.6. The maximum absolute atomic E-state index is 12.2. The van der Waals surface area contributed by atoms with Crippen LogP contribution in [0.5, 0.6) is 0 Å². The summed E-state index contributed by atoms with van der Waals surface area (Å²) in [5.74, 6) is 0.591. The molecule has 1 aliphatic heterocycles. The van der Waals surface area contributed by atoms with Gasteiger partial charge in [-0.15, -0.1) is 0 Å². The zero-order chi connectivity index (χ0) is 19.8. The van der Waals surface area contributed by atoms with Gasteiger partial charge in [0, 0.05) is 45.3 Å². The van der Waals surface area contributed by atoms with Crippen molar-refractivity contribution in [3.8, 4) is 0 Å². The lowest BCUT2D eigenvalue weighted by atomic mass is 9.84. The monoisotopic (exact) mass is 398 g/mol. The third-order valence-electron chi connectivity index (χ3n) is 4.72. The summed E-state index contributed by atoms with van der Waals surface area (Å²) < 4.78 is 32.5. The smallest absolute Gasteiger partial charge is 0.240 e. The fourth-order valence-electron chi connectivity index (χ4n) is 2.97. The number of nitrogens with zero attached hydrogens (tertiary/aromatic N) is 1. The second kappa shape index (κ2) is 10.0. The molecule has 1 atom stereocenters.